The minimum atomic E-state index is -0.0162. The highest BCUT2D eigenvalue weighted by molar-refractivity contribution is 5.97. The molecule has 1 aliphatic rings. The van der Waals surface area contributed by atoms with Crippen molar-refractivity contribution in [2.75, 3.05) is 12.3 Å². The third-order valence-corrected chi connectivity index (χ3v) is 4.33. The van der Waals surface area contributed by atoms with E-state index in [4.69, 9.17) is 5.73 Å². The topological polar surface area (TPSA) is 83.8 Å². The van der Waals surface area contributed by atoms with Gasteiger partial charge in [0.15, 0.2) is 0 Å². The van der Waals surface area contributed by atoms with Crippen LogP contribution < -0.4 is 11.1 Å². The molecule has 0 saturated carbocycles. The van der Waals surface area contributed by atoms with Gasteiger partial charge in [-0.05, 0) is 35.9 Å². The van der Waals surface area contributed by atoms with Gasteiger partial charge >= 0.3 is 0 Å². The highest BCUT2D eigenvalue weighted by Gasteiger charge is 2.19. The van der Waals surface area contributed by atoms with Gasteiger partial charge in [-0.25, -0.2) is 0 Å². The molecule has 0 radical (unpaired) electrons. The molecule has 5 nitrogen and oxygen atoms in total. The van der Waals surface area contributed by atoms with Crippen LogP contribution in [-0.2, 0) is 6.42 Å². The number of anilines is 1. The van der Waals surface area contributed by atoms with Gasteiger partial charge in [0.2, 0.25) is 0 Å². The maximum atomic E-state index is 11.9. The smallest absolute Gasteiger partial charge is 0.253 e. The molecule has 1 amide bonds. The molecule has 3 heterocycles. The number of nitrogen functional groups attached to an aromatic ring is 1. The molecular formula is C21H22N4O. The van der Waals surface area contributed by atoms with Gasteiger partial charge in [-0.2, -0.15) is 0 Å². The molecule has 0 atom stereocenters. The van der Waals surface area contributed by atoms with Gasteiger partial charge in [0, 0.05) is 41.8 Å². The number of rotatable bonds is 3. The lowest BCUT2D eigenvalue weighted by atomic mass is 10.1. The van der Waals surface area contributed by atoms with Crippen molar-refractivity contribution >= 4 is 23.7 Å². The fourth-order valence-electron chi connectivity index (χ4n) is 2.99. The number of H-pyrrole nitrogens is 1. The van der Waals surface area contributed by atoms with Crippen LogP contribution >= 0.6 is 0 Å². The van der Waals surface area contributed by atoms with Gasteiger partial charge in [0.25, 0.3) is 5.91 Å². The minimum Gasteiger partial charge on any atom is -0.398 e. The Hall–Kier alpha value is -3.34. The van der Waals surface area contributed by atoms with Crippen molar-refractivity contribution in [2.24, 2.45) is 0 Å². The molecule has 132 valence electrons. The summed E-state index contributed by atoms with van der Waals surface area (Å²) in [5.41, 5.74) is 12.1. The fraction of sp³-hybridized carbons (Fsp3) is 0.143. The summed E-state index contributed by atoms with van der Waals surface area (Å²) in [5, 5.41) is 2.86. The van der Waals surface area contributed by atoms with E-state index in [9.17, 15) is 4.79 Å². The molecule has 3 aromatic rings. The maximum Gasteiger partial charge on any atom is 0.253 e. The number of carbonyl (C=O) groups is 1. The Bertz CT molecular complexity index is 972. The van der Waals surface area contributed by atoms with Gasteiger partial charge in [0.1, 0.15) is 0 Å². The molecule has 1 aliphatic heterocycles. The zero-order valence-corrected chi connectivity index (χ0v) is 13.6. The number of fused-ring (bicyclic) bond motifs is 1. The van der Waals surface area contributed by atoms with Crippen LogP contribution in [0.4, 0.5) is 5.69 Å². The molecule has 0 fully saturated rings. The summed E-state index contributed by atoms with van der Waals surface area (Å²) in [6, 6.07) is 13.5. The lowest BCUT2D eigenvalue weighted by Gasteiger charge is -2.10. The lowest BCUT2D eigenvalue weighted by molar-refractivity contribution is 0.0946. The van der Waals surface area contributed by atoms with E-state index in [1.54, 1.807) is 6.20 Å². The number of para-hydroxylation sites is 1. The number of amides is 1. The van der Waals surface area contributed by atoms with Crippen LogP contribution in [0.25, 0.3) is 23.4 Å². The number of hydrogen-bond acceptors (Lipinski definition) is 3. The first-order valence-corrected chi connectivity index (χ1v) is 8.20. The van der Waals surface area contributed by atoms with E-state index in [2.05, 4.69) is 15.3 Å². The number of aromatic nitrogens is 2. The van der Waals surface area contributed by atoms with Crippen LogP contribution in [0.3, 0.4) is 0 Å². The molecule has 5 heteroatoms. The predicted octanol–water partition coefficient (Wildman–Crippen LogP) is 3.75. The third-order valence-electron chi connectivity index (χ3n) is 4.33. The predicted molar refractivity (Wildman–Crippen MR) is 107 cm³/mol. The lowest BCUT2D eigenvalue weighted by Crippen LogP contribution is -2.31. The monoisotopic (exact) mass is 346 g/mol. The van der Waals surface area contributed by atoms with Crippen molar-refractivity contribution in [3.63, 3.8) is 0 Å². The zero-order valence-electron chi connectivity index (χ0n) is 13.6. The van der Waals surface area contributed by atoms with Crippen molar-refractivity contribution < 1.29 is 4.79 Å². The molecular weight excluding hydrogens is 324 g/mol. The molecule has 26 heavy (non-hydrogen) atoms. The first-order chi connectivity index (χ1) is 12.2. The Kier molecular flexibility index (Phi) is 4.89. The van der Waals surface area contributed by atoms with Crippen molar-refractivity contribution in [3.05, 3.63) is 71.2 Å². The van der Waals surface area contributed by atoms with Gasteiger partial charge in [-0.15, -0.1) is 0 Å². The highest BCUT2D eigenvalue weighted by atomic mass is 16.1. The summed E-state index contributed by atoms with van der Waals surface area (Å²) in [4.78, 5) is 19.7. The van der Waals surface area contributed by atoms with Crippen LogP contribution in [0.1, 0.15) is 34.7 Å². The Labute approximate surface area is 153 Å². The Morgan fingerprint density at radius 3 is 2.77 bits per heavy atom. The number of pyridine rings is 1. The van der Waals surface area contributed by atoms with E-state index in [0.717, 1.165) is 45.9 Å². The number of carbonyl (C=O) groups excluding carboxylic acids is 1. The summed E-state index contributed by atoms with van der Waals surface area (Å²) in [6.45, 7) is 0.675. The fourth-order valence-corrected chi connectivity index (χ4v) is 2.99. The first-order valence-electron chi connectivity index (χ1n) is 8.20. The van der Waals surface area contributed by atoms with E-state index in [0.29, 0.717) is 6.54 Å². The van der Waals surface area contributed by atoms with Crippen LogP contribution in [0.15, 0.2) is 48.7 Å². The second-order valence-corrected chi connectivity index (χ2v) is 6.01. The molecule has 0 unspecified atom stereocenters. The minimum absolute atomic E-state index is 0. The SMILES string of the molecule is C.Nc1ccccc1/C=C/c1cc(-c2cc3c([nH]2)CCNC3=O)ccn1. The molecule has 4 N–H and O–H groups in total. The van der Waals surface area contributed by atoms with Crippen molar-refractivity contribution in [3.8, 4) is 11.3 Å². The Balaban J connectivity index is 0.00000196. The number of nitrogens with one attached hydrogen (secondary N) is 2. The van der Waals surface area contributed by atoms with Gasteiger partial charge in [-0.3, -0.25) is 9.78 Å². The zero-order chi connectivity index (χ0) is 17.2. The largest absolute Gasteiger partial charge is 0.398 e. The molecule has 2 aromatic heterocycles. The van der Waals surface area contributed by atoms with Crippen molar-refractivity contribution in [1.82, 2.24) is 15.3 Å². The van der Waals surface area contributed by atoms with Gasteiger partial charge in [0.05, 0.1) is 11.3 Å². The Morgan fingerprint density at radius 2 is 1.96 bits per heavy atom. The van der Waals surface area contributed by atoms with Crippen LogP contribution in [0.2, 0.25) is 0 Å². The van der Waals surface area contributed by atoms with E-state index in [1.165, 1.54) is 0 Å². The normalized spacial score (nSPS) is 13.2. The van der Waals surface area contributed by atoms with Crippen LogP contribution in [-0.4, -0.2) is 22.4 Å². The van der Waals surface area contributed by atoms with E-state index in [1.807, 2.05) is 54.6 Å². The quantitative estimate of drug-likeness (QED) is 0.632. The summed E-state index contributed by atoms with van der Waals surface area (Å²) < 4.78 is 0. The number of aromatic amines is 1. The van der Waals surface area contributed by atoms with Gasteiger partial charge < -0.3 is 16.0 Å². The number of benzene rings is 1. The van der Waals surface area contributed by atoms with E-state index in [-0.39, 0.29) is 13.3 Å². The molecule has 0 bridgehead atoms. The summed E-state index contributed by atoms with van der Waals surface area (Å²) in [5.74, 6) is -0.0162. The number of nitrogens with zero attached hydrogens (tertiary/aromatic N) is 1. The highest BCUT2D eigenvalue weighted by Crippen LogP contribution is 2.24. The van der Waals surface area contributed by atoms with Crippen molar-refractivity contribution in [1.29, 1.82) is 0 Å². The van der Waals surface area contributed by atoms with Crippen LogP contribution in [0, 0.1) is 0 Å². The molecule has 0 aliphatic carbocycles. The Morgan fingerprint density at radius 1 is 1.12 bits per heavy atom. The second-order valence-electron chi connectivity index (χ2n) is 6.01. The van der Waals surface area contributed by atoms with Crippen LogP contribution in [0.5, 0.6) is 0 Å². The maximum absolute atomic E-state index is 11.9. The number of hydrogen-bond donors (Lipinski definition) is 3. The van der Waals surface area contributed by atoms with E-state index < -0.39 is 0 Å². The van der Waals surface area contributed by atoms with E-state index >= 15 is 0 Å². The second kappa shape index (κ2) is 7.27. The van der Waals surface area contributed by atoms with Gasteiger partial charge in [-0.1, -0.05) is 31.7 Å². The summed E-state index contributed by atoms with van der Waals surface area (Å²) in [6.07, 6.45) is 6.48. The third kappa shape index (κ3) is 3.37. The van der Waals surface area contributed by atoms with Crippen molar-refractivity contribution in [2.45, 2.75) is 13.8 Å². The average Bonchev–Trinajstić information content (AvgIpc) is 3.07. The summed E-state index contributed by atoms with van der Waals surface area (Å²) >= 11 is 0. The number of nitrogens with two attached hydrogens (primary N) is 1. The molecule has 4 rings (SSSR count). The molecule has 0 spiro atoms. The molecule has 1 aromatic carbocycles. The average molecular weight is 346 g/mol. The standard InChI is InChI=1S/C20H18N4O.CH4/c21-17-4-2-1-3-13(17)5-6-15-11-14(7-9-22-15)19-12-16-18(24-19)8-10-23-20(16)25;/h1-7,9,11-12,24H,8,10,21H2,(H,23,25);1H4/b6-5+;. The first kappa shape index (κ1) is 17.5. The summed E-state index contributed by atoms with van der Waals surface area (Å²) in [7, 11) is 0. The molecule has 0 saturated heterocycles.